The summed E-state index contributed by atoms with van der Waals surface area (Å²) in [5, 5.41) is 10.6. The van der Waals surface area contributed by atoms with Crippen LogP contribution in [0.2, 0.25) is 0 Å². The summed E-state index contributed by atoms with van der Waals surface area (Å²) in [7, 11) is 1.40. The van der Waals surface area contributed by atoms with E-state index >= 15 is 0 Å². The molecule has 1 N–H and O–H groups in total. The highest BCUT2D eigenvalue weighted by Crippen LogP contribution is 2.45. The number of allylic oxidation sites excluding steroid dienone is 2. The number of alkyl halides is 1. The highest BCUT2D eigenvalue weighted by atomic mass is 35.5. The predicted molar refractivity (Wildman–Crippen MR) is 131 cm³/mol. The summed E-state index contributed by atoms with van der Waals surface area (Å²) < 4.78 is 10.2. The third kappa shape index (κ3) is 8.78. The molecule has 1 aromatic rings. The molecule has 2 rings (SSSR count). The summed E-state index contributed by atoms with van der Waals surface area (Å²) in [6.07, 6.45) is 10.9. The normalized spacial score (nSPS) is 23.5. The standard InChI is InChI=1S/C27H39ClO5/c1-4-5-8-12-25(33-19(2)29)20-14-16-21(17-15-20)27-22(23(28)18-24(27)30)11-9-6-7-10-13-26(31)32-3/h6,9,14-17,22-25,27,30H,4-5,7-8,10-13,18H2,1-3H3/b9-6-/t22-,23?,24+,25?,27?/m0/s1. The summed E-state index contributed by atoms with van der Waals surface area (Å²) in [5.41, 5.74) is 2.05. The van der Waals surface area contributed by atoms with E-state index in [9.17, 15) is 14.7 Å². The van der Waals surface area contributed by atoms with E-state index in [1.165, 1.54) is 14.0 Å². The number of ether oxygens (including phenoxy) is 2. The van der Waals surface area contributed by atoms with Gasteiger partial charge >= 0.3 is 11.9 Å². The average molecular weight is 479 g/mol. The fourth-order valence-corrected chi connectivity index (χ4v) is 5.11. The number of carbonyl (C=O) groups is 2. The number of methoxy groups -OCH3 is 1. The Morgan fingerprint density at radius 3 is 2.55 bits per heavy atom. The molecule has 0 aliphatic heterocycles. The van der Waals surface area contributed by atoms with Crippen LogP contribution in [0, 0.1) is 5.92 Å². The first-order valence-electron chi connectivity index (χ1n) is 12.2. The molecule has 0 bridgehead atoms. The van der Waals surface area contributed by atoms with Gasteiger partial charge in [-0.15, -0.1) is 11.6 Å². The molecule has 3 unspecified atom stereocenters. The van der Waals surface area contributed by atoms with Crippen LogP contribution in [0.15, 0.2) is 36.4 Å². The lowest BCUT2D eigenvalue weighted by molar-refractivity contribution is -0.147. The molecule has 33 heavy (non-hydrogen) atoms. The predicted octanol–water partition coefficient (Wildman–Crippen LogP) is 6.23. The molecular formula is C27H39ClO5. The van der Waals surface area contributed by atoms with Crippen molar-refractivity contribution in [3.05, 3.63) is 47.5 Å². The van der Waals surface area contributed by atoms with Crippen LogP contribution in [-0.2, 0) is 19.1 Å². The van der Waals surface area contributed by atoms with Crippen molar-refractivity contribution in [2.24, 2.45) is 5.92 Å². The number of aliphatic hydroxyl groups is 1. The molecule has 0 saturated heterocycles. The van der Waals surface area contributed by atoms with Crippen molar-refractivity contribution >= 4 is 23.5 Å². The van der Waals surface area contributed by atoms with Crippen LogP contribution in [0.3, 0.4) is 0 Å². The van der Waals surface area contributed by atoms with Crippen molar-refractivity contribution in [2.75, 3.05) is 7.11 Å². The van der Waals surface area contributed by atoms with Crippen LogP contribution in [0.1, 0.15) is 94.8 Å². The first-order valence-corrected chi connectivity index (χ1v) is 12.6. The zero-order chi connectivity index (χ0) is 24.2. The van der Waals surface area contributed by atoms with Gasteiger partial charge in [0.15, 0.2) is 0 Å². The molecular weight excluding hydrogens is 440 g/mol. The van der Waals surface area contributed by atoms with Crippen LogP contribution in [0.25, 0.3) is 0 Å². The fraction of sp³-hybridized carbons (Fsp3) is 0.630. The van der Waals surface area contributed by atoms with Crippen LogP contribution >= 0.6 is 11.6 Å². The van der Waals surface area contributed by atoms with Gasteiger partial charge in [0.05, 0.1) is 13.2 Å². The van der Waals surface area contributed by atoms with Gasteiger partial charge in [-0.1, -0.05) is 56.2 Å². The second-order valence-electron chi connectivity index (χ2n) is 8.94. The molecule has 0 heterocycles. The van der Waals surface area contributed by atoms with Gasteiger partial charge in [-0.2, -0.15) is 0 Å². The van der Waals surface area contributed by atoms with Gasteiger partial charge in [-0.05, 0) is 55.6 Å². The SMILES string of the molecule is CCCCCC(OC(C)=O)c1ccc(C2[C@@H](C/C=C\CCCC(=O)OC)C(Cl)C[C@H]2O)cc1. The number of carbonyl (C=O) groups excluding carboxylic acids is 2. The maximum Gasteiger partial charge on any atom is 0.305 e. The third-order valence-electron chi connectivity index (χ3n) is 6.43. The largest absolute Gasteiger partial charge is 0.469 e. The molecule has 0 radical (unpaired) electrons. The van der Waals surface area contributed by atoms with Crippen molar-refractivity contribution in [3.63, 3.8) is 0 Å². The molecule has 0 spiro atoms. The number of hydrogen-bond donors (Lipinski definition) is 1. The van der Waals surface area contributed by atoms with Crippen molar-refractivity contribution < 1.29 is 24.2 Å². The Bertz CT molecular complexity index is 760. The van der Waals surface area contributed by atoms with Gasteiger partial charge in [0.1, 0.15) is 6.10 Å². The molecule has 1 saturated carbocycles. The molecule has 6 heteroatoms. The quantitative estimate of drug-likeness (QED) is 0.157. The third-order valence-corrected chi connectivity index (χ3v) is 6.93. The summed E-state index contributed by atoms with van der Waals surface area (Å²) >= 11 is 6.62. The molecule has 1 aliphatic carbocycles. The summed E-state index contributed by atoms with van der Waals surface area (Å²) in [6.45, 7) is 3.60. The van der Waals surface area contributed by atoms with E-state index in [0.29, 0.717) is 12.8 Å². The number of esters is 2. The minimum atomic E-state index is -0.482. The first-order chi connectivity index (χ1) is 15.9. The van der Waals surface area contributed by atoms with E-state index in [2.05, 4.69) is 23.8 Å². The molecule has 5 atom stereocenters. The van der Waals surface area contributed by atoms with E-state index in [-0.39, 0.29) is 35.3 Å². The van der Waals surface area contributed by atoms with E-state index < -0.39 is 6.10 Å². The number of benzene rings is 1. The molecule has 0 aromatic heterocycles. The molecule has 184 valence electrons. The maximum atomic E-state index is 11.6. The van der Waals surface area contributed by atoms with Crippen molar-refractivity contribution in [1.82, 2.24) is 0 Å². The van der Waals surface area contributed by atoms with Crippen LogP contribution < -0.4 is 0 Å². The Balaban J connectivity index is 2.03. The smallest absolute Gasteiger partial charge is 0.305 e. The van der Waals surface area contributed by atoms with Crippen LogP contribution in [0.4, 0.5) is 0 Å². The topological polar surface area (TPSA) is 72.8 Å². The molecule has 1 aliphatic rings. The van der Waals surface area contributed by atoms with Gasteiger partial charge in [-0.25, -0.2) is 0 Å². The molecule has 1 fully saturated rings. The Labute approximate surface area is 203 Å². The Morgan fingerprint density at radius 2 is 1.91 bits per heavy atom. The maximum absolute atomic E-state index is 11.6. The minimum absolute atomic E-state index is 0.0338. The first kappa shape index (κ1) is 27.4. The highest BCUT2D eigenvalue weighted by Gasteiger charge is 2.41. The van der Waals surface area contributed by atoms with E-state index in [1.807, 2.05) is 24.3 Å². The van der Waals surface area contributed by atoms with Gasteiger partial charge in [0.25, 0.3) is 0 Å². The minimum Gasteiger partial charge on any atom is -0.469 e. The number of unbranched alkanes of at least 4 members (excludes halogenated alkanes) is 3. The van der Waals surface area contributed by atoms with Crippen molar-refractivity contribution in [3.8, 4) is 0 Å². The van der Waals surface area contributed by atoms with E-state index in [1.54, 1.807) is 0 Å². The number of rotatable bonds is 13. The summed E-state index contributed by atoms with van der Waals surface area (Å²) in [5.74, 6) is -0.352. The summed E-state index contributed by atoms with van der Waals surface area (Å²) in [4.78, 5) is 22.8. The molecule has 5 nitrogen and oxygen atoms in total. The monoisotopic (exact) mass is 478 g/mol. The number of halogens is 1. The van der Waals surface area contributed by atoms with Crippen molar-refractivity contribution in [1.29, 1.82) is 0 Å². The zero-order valence-corrected chi connectivity index (χ0v) is 20.9. The second-order valence-corrected chi connectivity index (χ2v) is 9.51. The lowest BCUT2D eigenvalue weighted by Gasteiger charge is -2.24. The highest BCUT2D eigenvalue weighted by molar-refractivity contribution is 6.21. The number of hydrogen-bond acceptors (Lipinski definition) is 5. The van der Waals surface area contributed by atoms with Crippen molar-refractivity contribution in [2.45, 2.75) is 95.1 Å². The number of aliphatic hydroxyl groups excluding tert-OH is 1. The summed E-state index contributed by atoms with van der Waals surface area (Å²) in [6, 6.07) is 8.12. The van der Waals surface area contributed by atoms with Crippen LogP contribution in [-0.4, -0.2) is 35.6 Å². The zero-order valence-electron chi connectivity index (χ0n) is 20.2. The Kier molecular flexibility index (Phi) is 12.0. The van der Waals surface area contributed by atoms with Gasteiger partial charge < -0.3 is 14.6 Å². The van der Waals surface area contributed by atoms with Gasteiger partial charge in [-0.3, -0.25) is 9.59 Å². The lowest BCUT2D eigenvalue weighted by atomic mass is 9.84. The van der Waals surface area contributed by atoms with E-state index in [4.69, 9.17) is 16.3 Å². The van der Waals surface area contributed by atoms with E-state index in [0.717, 1.165) is 56.1 Å². The Morgan fingerprint density at radius 1 is 1.18 bits per heavy atom. The van der Waals surface area contributed by atoms with Gasteiger partial charge in [0.2, 0.25) is 0 Å². The van der Waals surface area contributed by atoms with Gasteiger partial charge in [0, 0.05) is 24.6 Å². The second kappa shape index (κ2) is 14.4. The Hall–Kier alpha value is -1.85. The van der Waals surface area contributed by atoms with Crippen LogP contribution in [0.5, 0.6) is 0 Å². The fourth-order valence-electron chi connectivity index (χ4n) is 4.67. The molecule has 0 amide bonds. The molecule has 1 aromatic carbocycles. The lowest BCUT2D eigenvalue weighted by Crippen LogP contribution is -2.18. The average Bonchev–Trinajstić information content (AvgIpc) is 3.07.